The summed E-state index contributed by atoms with van der Waals surface area (Å²) < 4.78 is 70.3. The van der Waals surface area contributed by atoms with Crippen LogP contribution in [0, 0.1) is 5.92 Å². The van der Waals surface area contributed by atoms with Gasteiger partial charge in [-0.3, -0.25) is 9.59 Å². The number of amides is 2. The molecule has 90 heavy (non-hydrogen) atoms. The third kappa shape index (κ3) is 16.3. The minimum Gasteiger partial charge on any atom is -0.477 e. The van der Waals surface area contributed by atoms with Gasteiger partial charge >= 0.3 is 11.9 Å². The topological polar surface area (TPSA) is 625 Å². The zero-order valence-electron chi connectivity index (χ0n) is 48.8. The highest BCUT2D eigenvalue weighted by molar-refractivity contribution is 5.78. The average molecular weight is 1320 g/mol. The van der Waals surface area contributed by atoms with Gasteiger partial charge in [0.1, 0.15) is 128 Å². The van der Waals surface area contributed by atoms with Gasteiger partial charge in [0.25, 0.3) is 11.6 Å². The molecule has 0 spiro atoms. The molecule has 39 heteroatoms. The van der Waals surface area contributed by atoms with Crippen molar-refractivity contribution < 1.29 is 183 Å². The molecule has 39 nitrogen and oxygen atoms in total. The molecule has 22 N–H and O–H groups in total. The number of Topliss-reactive ketones (excluding diaryl/α,β-unsaturated/α-hetero) is 1. The van der Waals surface area contributed by atoms with Crippen LogP contribution >= 0.6 is 0 Å². The molecule has 0 saturated carbocycles. The molecule has 0 aromatic carbocycles. The molecule has 6 fully saturated rings. The highest BCUT2D eigenvalue weighted by Gasteiger charge is 2.64. The van der Waals surface area contributed by atoms with E-state index in [-0.39, 0.29) is 6.61 Å². The monoisotopic (exact) mass is 1320 g/mol. The number of aliphatic hydroxyl groups is 18. The number of nitrogens with one attached hydrogen (secondary N) is 2. The summed E-state index contributed by atoms with van der Waals surface area (Å²) in [5.41, 5.74) is 0. The first-order valence-electron chi connectivity index (χ1n) is 28.6. The van der Waals surface area contributed by atoms with E-state index < -0.39 is 284 Å². The number of carbonyl (C=O) groups is 5. The lowest BCUT2D eigenvalue weighted by atomic mass is 9.86. The van der Waals surface area contributed by atoms with Gasteiger partial charge in [0.05, 0.1) is 70.0 Å². The molecule has 6 aliphatic rings. The lowest BCUT2D eigenvalue weighted by Crippen LogP contribution is -2.71. The average Bonchev–Trinajstić information content (AvgIpc) is 0.764. The normalized spacial score (nSPS) is 43.9. The van der Waals surface area contributed by atoms with Crippen LogP contribution in [0.4, 0.5) is 0 Å². The van der Waals surface area contributed by atoms with Gasteiger partial charge in [-0.15, -0.1) is 0 Å². The molecule has 0 unspecified atom stereocenters. The molecule has 6 saturated heterocycles. The Balaban J connectivity index is 1.42. The number of aliphatic hydroxyl groups excluding tert-OH is 18. The van der Waals surface area contributed by atoms with E-state index >= 15 is 0 Å². The largest absolute Gasteiger partial charge is 0.477 e. The van der Waals surface area contributed by atoms with E-state index in [9.17, 15) is 126 Å². The summed E-state index contributed by atoms with van der Waals surface area (Å²) in [5.74, 6) is -15.4. The van der Waals surface area contributed by atoms with Crippen LogP contribution in [0.2, 0.25) is 0 Å². The maximum atomic E-state index is 13.7. The van der Waals surface area contributed by atoms with E-state index in [2.05, 4.69) is 10.6 Å². The Morgan fingerprint density at radius 2 is 0.878 bits per heavy atom. The predicted molar refractivity (Wildman–Crippen MR) is 279 cm³/mol. The summed E-state index contributed by atoms with van der Waals surface area (Å²) >= 11 is 0. The lowest BCUT2D eigenvalue weighted by Gasteiger charge is -2.53. The van der Waals surface area contributed by atoms with E-state index in [0.29, 0.717) is 0 Å². The minimum atomic E-state index is -3.41. The van der Waals surface area contributed by atoms with Gasteiger partial charge < -0.3 is 174 Å². The first-order valence-corrected chi connectivity index (χ1v) is 28.6. The summed E-state index contributed by atoms with van der Waals surface area (Å²) in [6, 6.07) is -3.51. The molecule has 0 aromatic heterocycles. The van der Waals surface area contributed by atoms with Crippen LogP contribution in [0.15, 0.2) is 0 Å². The molecule has 0 aromatic rings. The van der Waals surface area contributed by atoms with E-state index in [1.54, 1.807) is 0 Å². The molecule has 6 rings (SSSR count). The Morgan fingerprint density at radius 3 is 1.30 bits per heavy atom. The molecule has 0 radical (unpaired) electrons. The van der Waals surface area contributed by atoms with Crippen LogP contribution in [-0.2, 0) is 80.8 Å². The van der Waals surface area contributed by atoms with Crippen LogP contribution in [0.3, 0.4) is 0 Å². The smallest absolute Gasteiger partial charge is 0.364 e. The molecular formula is C51H84N2O37. The van der Waals surface area contributed by atoms with Gasteiger partial charge in [0.2, 0.25) is 11.8 Å². The predicted octanol–water partition coefficient (Wildman–Crippen LogP) is -13.1. The highest BCUT2D eigenvalue weighted by atomic mass is 16.8. The molecule has 32 atom stereocenters. The van der Waals surface area contributed by atoms with Crippen LogP contribution in [0.5, 0.6) is 0 Å². The van der Waals surface area contributed by atoms with Crippen molar-refractivity contribution in [1.29, 1.82) is 0 Å². The number of carbonyl (C=O) groups excluding carboxylic acids is 3. The van der Waals surface area contributed by atoms with Crippen molar-refractivity contribution in [2.24, 2.45) is 5.92 Å². The molecular weight excluding hydrogens is 1230 g/mol. The van der Waals surface area contributed by atoms with Crippen LogP contribution < -0.4 is 10.6 Å². The van der Waals surface area contributed by atoms with Gasteiger partial charge in [-0.1, -0.05) is 0 Å². The van der Waals surface area contributed by atoms with Crippen molar-refractivity contribution in [3.63, 3.8) is 0 Å². The number of hydrogen-bond donors (Lipinski definition) is 22. The Kier molecular flexibility index (Phi) is 27.0. The fourth-order valence-electron chi connectivity index (χ4n) is 11.7. The van der Waals surface area contributed by atoms with E-state index in [1.807, 2.05) is 0 Å². The number of rotatable bonds is 28. The maximum Gasteiger partial charge on any atom is 0.364 e. The second-order valence-electron chi connectivity index (χ2n) is 22.6. The Morgan fingerprint density at radius 1 is 0.489 bits per heavy atom. The fourth-order valence-corrected chi connectivity index (χ4v) is 11.7. The molecule has 0 aliphatic carbocycles. The van der Waals surface area contributed by atoms with Gasteiger partial charge in [-0.25, -0.2) is 9.59 Å². The third-order valence-electron chi connectivity index (χ3n) is 16.2. The Bertz CT molecular complexity index is 2350. The van der Waals surface area contributed by atoms with Crippen molar-refractivity contribution in [2.75, 3.05) is 46.2 Å². The molecule has 6 aliphatic heterocycles. The minimum absolute atomic E-state index is 0.0785. The zero-order chi connectivity index (χ0) is 67.2. The van der Waals surface area contributed by atoms with Crippen molar-refractivity contribution in [3.05, 3.63) is 0 Å². The fraction of sp³-hybridized carbons (Fsp3) is 0.902. The number of carboxylic acid groups (broad SMARTS) is 2. The summed E-state index contributed by atoms with van der Waals surface area (Å²) in [6.45, 7) is -2.76. The van der Waals surface area contributed by atoms with Crippen molar-refractivity contribution >= 4 is 29.5 Å². The number of aliphatic carboxylic acids is 2. The van der Waals surface area contributed by atoms with E-state index in [1.165, 1.54) is 6.92 Å². The SMILES string of the molecule is CCO[C@@H]1O[C@H](CO)[C@@H](O[C@H]2O[C@H](CO)[C@H](O[C@H]3O[C@@H](CO)[C@H](O)[C@@H](O[C@@H]4O[C@H](CO)[C@H](O)[C@@H](O[C@]5(C(=O)O)C[C@H](O)[C@@H](NC(C)=O)[C@@H]([C@H](O)[C@H](O)CO)O5)[C@H]4O)[C@H]3CC(C)=O)[C@H](O[C@]3(C(=O)O)C[C@H](O)[C@H](NC(C)=O)[C@@H]([C@@H](O)[C@H](O)CO)O3)[C@H]2O)[C@H](O)[C@H]1O. The Hall–Kier alpha value is -3.65. The van der Waals surface area contributed by atoms with Crippen LogP contribution in [0.25, 0.3) is 0 Å². The second kappa shape index (κ2) is 32.2. The first kappa shape index (κ1) is 75.4. The molecule has 6 heterocycles. The first-order chi connectivity index (χ1) is 42.3. The number of carboxylic acids is 2. The second-order valence-corrected chi connectivity index (χ2v) is 22.6. The Labute approximate surface area is 510 Å². The van der Waals surface area contributed by atoms with Crippen molar-refractivity contribution in [3.8, 4) is 0 Å². The lowest BCUT2D eigenvalue weighted by molar-refractivity contribution is -0.408. The summed E-state index contributed by atoms with van der Waals surface area (Å²) in [4.78, 5) is 64.8. The quantitative estimate of drug-likeness (QED) is 0.0346. The van der Waals surface area contributed by atoms with Gasteiger partial charge in [0, 0.05) is 45.6 Å². The standard InChI is InChI=1S/C51H84N2O37/c1-5-79-45-34(72)33(71)38(25(13-58)82-45)85-47-36(74)43(90-51(49(77)78)8-20(64)28(53-17(4)62)41(88-51)30(68)22(66)10-55)39(26(14-59)83-47)86-44-18(6-15(2)60)37(31(69)23(11-56)80-44)84-46-35(73)42(32(70)24(12-57)81-46)89-50(48(75)76)7-19(63)27(52-16(3)61)40(87-50)29(67)21(65)9-54/h18-47,54-59,63-74H,5-14H2,1-4H3,(H,52,61)(H,53,62)(H,75,76)(H,77,78)/t18-,19+,20+,21-,22-,23+,24-,25-,26-,27-,28+,29-,30+,31+,32+,33-,34-,35-,36-,37+,38-,39+,40+,41+,42-,43-,44-,45-,46+,47-,50+,51+/m1/s1. The summed E-state index contributed by atoms with van der Waals surface area (Å²) in [5, 5.41) is 224. The van der Waals surface area contributed by atoms with Crippen LogP contribution in [0.1, 0.15) is 47.0 Å². The number of hydrogen-bond acceptors (Lipinski definition) is 35. The van der Waals surface area contributed by atoms with E-state index in [4.69, 9.17) is 56.8 Å². The van der Waals surface area contributed by atoms with E-state index in [0.717, 1.165) is 20.8 Å². The molecule has 0 bridgehead atoms. The third-order valence-corrected chi connectivity index (χ3v) is 16.2. The zero-order valence-corrected chi connectivity index (χ0v) is 48.8. The van der Waals surface area contributed by atoms with Gasteiger partial charge in [0.15, 0.2) is 25.2 Å². The number of ether oxygens (including phenoxy) is 12. The van der Waals surface area contributed by atoms with Crippen molar-refractivity contribution in [2.45, 2.75) is 236 Å². The maximum absolute atomic E-state index is 13.7. The summed E-state index contributed by atoms with van der Waals surface area (Å²) in [7, 11) is 0. The molecule has 520 valence electrons. The van der Waals surface area contributed by atoms with Crippen molar-refractivity contribution in [1.82, 2.24) is 10.6 Å². The van der Waals surface area contributed by atoms with Crippen LogP contribution in [-0.4, -0.2) is 367 Å². The molecule has 2 amide bonds. The highest BCUT2D eigenvalue weighted by Crippen LogP contribution is 2.44. The summed E-state index contributed by atoms with van der Waals surface area (Å²) in [6.07, 6.45) is -61.8. The number of ketones is 1. The van der Waals surface area contributed by atoms with Gasteiger partial charge in [-0.2, -0.15) is 0 Å². The van der Waals surface area contributed by atoms with Gasteiger partial charge in [-0.05, 0) is 13.8 Å².